The first-order valence-electron chi connectivity index (χ1n) is 8.38. The summed E-state index contributed by atoms with van der Waals surface area (Å²) in [6.07, 6.45) is 0.542. The topological polar surface area (TPSA) is 79.3 Å². The van der Waals surface area contributed by atoms with E-state index in [0.29, 0.717) is 12.1 Å². The fourth-order valence-corrected chi connectivity index (χ4v) is 3.35. The van der Waals surface area contributed by atoms with Crippen LogP contribution in [0.25, 0.3) is 0 Å². The SMILES string of the molecule is CC(C)C(C)(CC(=O)O)NC(=O)Cc1csc(Cc2ccc(F)cc2)n1. The molecule has 2 rings (SSSR count). The highest BCUT2D eigenvalue weighted by Gasteiger charge is 2.32. The number of aliphatic carboxylic acids is 1. The minimum atomic E-state index is -0.947. The van der Waals surface area contributed by atoms with Crippen molar-refractivity contribution in [2.75, 3.05) is 0 Å². The molecule has 0 aliphatic rings. The molecule has 0 saturated heterocycles. The second-order valence-corrected chi connectivity index (χ2v) is 7.85. The fourth-order valence-electron chi connectivity index (χ4n) is 2.52. The Labute approximate surface area is 156 Å². The first-order valence-corrected chi connectivity index (χ1v) is 9.26. The van der Waals surface area contributed by atoms with Crippen molar-refractivity contribution < 1.29 is 19.1 Å². The van der Waals surface area contributed by atoms with Gasteiger partial charge in [-0.25, -0.2) is 9.37 Å². The van der Waals surface area contributed by atoms with Gasteiger partial charge in [0.15, 0.2) is 0 Å². The molecule has 2 N–H and O–H groups in total. The molecule has 1 aromatic heterocycles. The zero-order valence-corrected chi connectivity index (χ0v) is 15.9. The van der Waals surface area contributed by atoms with Gasteiger partial charge in [0, 0.05) is 17.3 Å². The summed E-state index contributed by atoms with van der Waals surface area (Å²) in [6.45, 7) is 5.50. The first-order chi connectivity index (χ1) is 12.2. The third kappa shape index (κ3) is 5.62. The van der Waals surface area contributed by atoms with Gasteiger partial charge in [-0.3, -0.25) is 9.59 Å². The van der Waals surface area contributed by atoms with Crippen molar-refractivity contribution in [2.24, 2.45) is 5.92 Å². The highest BCUT2D eigenvalue weighted by molar-refractivity contribution is 7.09. The predicted molar refractivity (Wildman–Crippen MR) is 98.7 cm³/mol. The number of carbonyl (C=O) groups is 2. The van der Waals surface area contributed by atoms with E-state index >= 15 is 0 Å². The van der Waals surface area contributed by atoms with Gasteiger partial charge in [0.1, 0.15) is 5.82 Å². The number of thiazole rings is 1. The summed E-state index contributed by atoms with van der Waals surface area (Å²) in [5.74, 6) is -1.50. The Hall–Kier alpha value is -2.28. The second kappa shape index (κ2) is 8.40. The van der Waals surface area contributed by atoms with Crippen molar-refractivity contribution in [2.45, 2.75) is 45.6 Å². The molecule has 1 amide bonds. The molecule has 1 unspecified atom stereocenters. The van der Waals surface area contributed by atoms with Gasteiger partial charge in [0.05, 0.1) is 23.5 Å². The zero-order valence-electron chi connectivity index (χ0n) is 15.1. The van der Waals surface area contributed by atoms with E-state index in [9.17, 15) is 14.0 Å². The largest absolute Gasteiger partial charge is 0.481 e. The van der Waals surface area contributed by atoms with Gasteiger partial charge in [0.25, 0.3) is 0 Å². The molecule has 0 spiro atoms. The lowest BCUT2D eigenvalue weighted by Gasteiger charge is -2.33. The van der Waals surface area contributed by atoms with Crippen LogP contribution in [0.1, 0.15) is 43.5 Å². The van der Waals surface area contributed by atoms with Crippen molar-refractivity contribution >= 4 is 23.2 Å². The Morgan fingerprint density at radius 2 is 1.96 bits per heavy atom. The number of hydrogen-bond acceptors (Lipinski definition) is 4. The van der Waals surface area contributed by atoms with Gasteiger partial charge in [-0.05, 0) is 30.5 Å². The standard InChI is InChI=1S/C19H23FN2O3S/c1-12(2)19(3,10-18(24)25)22-16(23)9-15-11-26-17(21-15)8-13-4-6-14(20)7-5-13/h4-7,11-12H,8-10H2,1-3H3,(H,22,23)(H,24,25). The van der Waals surface area contributed by atoms with Crippen LogP contribution in [0.2, 0.25) is 0 Å². The van der Waals surface area contributed by atoms with Crippen molar-refractivity contribution in [3.63, 3.8) is 0 Å². The summed E-state index contributed by atoms with van der Waals surface area (Å²) in [6, 6.07) is 6.24. The van der Waals surface area contributed by atoms with Crippen LogP contribution in [0.15, 0.2) is 29.6 Å². The molecule has 0 fully saturated rings. The Kier molecular flexibility index (Phi) is 6.47. The number of rotatable bonds is 8. The van der Waals surface area contributed by atoms with Crippen molar-refractivity contribution in [1.82, 2.24) is 10.3 Å². The zero-order chi connectivity index (χ0) is 19.3. The van der Waals surface area contributed by atoms with Crippen LogP contribution in [0.5, 0.6) is 0 Å². The van der Waals surface area contributed by atoms with Crippen molar-refractivity contribution in [3.05, 3.63) is 51.7 Å². The van der Waals surface area contributed by atoms with E-state index in [2.05, 4.69) is 10.3 Å². The van der Waals surface area contributed by atoms with E-state index in [1.807, 2.05) is 19.2 Å². The Bertz CT molecular complexity index is 773. The average molecular weight is 378 g/mol. The Balaban J connectivity index is 1.98. The number of amides is 1. The van der Waals surface area contributed by atoms with Gasteiger partial charge >= 0.3 is 5.97 Å². The van der Waals surface area contributed by atoms with Crippen LogP contribution in [0, 0.1) is 11.7 Å². The fraction of sp³-hybridized carbons (Fsp3) is 0.421. The smallest absolute Gasteiger partial charge is 0.305 e. The minimum Gasteiger partial charge on any atom is -0.481 e. The number of carbonyl (C=O) groups excluding carboxylic acids is 1. The van der Waals surface area contributed by atoms with Crippen LogP contribution >= 0.6 is 11.3 Å². The summed E-state index contributed by atoms with van der Waals surface area (Å²) >= 11 is 1.45. The predicted octanol–water partition coefficient (Wildman–Crippen LogP) is 3.42. The molecule has 5 nitrogen and oxygen atoms in total. The number of halogens is 1. The van der Waals surface area contributed by atoms with Gasteiger partial charge in [-0.2, -0.15) is 0 Å². The molecule has 0 saturated carbocycles. The maximum Gasteiger partial charge on any atom is 0.305 e. The number of carboxylic acid groups (broad SMARTS) is 1. The summed E-state index contributed by atoms with van der Waals surface area (Å²) in [7, 11) is 0. The average Bonchev–Trinajstić information content (AvgIpc) is 2.95. The third-order valence-corrected chi connectivity index (χ3v) is 5.32. The van der Waals surface area contributed by atoms with Crippen LogP contribution in [-0.4, -0.2) is 27.5 Å². The molecule has 26 heavy (non-hydrogen) atoms. The number of carboxylic acids is 1. The first kappa shape index (κ1) is 20.0. The number of aromatic nitrogens is 1. The van der Waals surface area contributed by atoms with Gasteiger partial charge in [-0.15, -0.1) is 11.3 Å². The van der Waals surface area contributed by atoms with Crippen LogP contribution in [0.4, 0.5) is 4.39 Å². The summed E-state index contributed by atoms with van der Waals surface area (Å²) in [5.41, 5.74) is 0.784. The molecule has 1 heterocycles. The molecule has 1 aromatic carbocycles. The van der Waals surface area contributed by atoms with Crippen molar-refractivity contribution in [3.8, 4) is 0 Å². The number of hydrogen-bond donors (Lipinski definition) is 2. The molecule has 2 aromatic rings. The van der Waals surface area contributed by atoms with E-state index in [-0.39, 0.29) is 30.5 Å². The van der Waals surface area contributed by atoms with Crippen LogP contribution < -0.4 is 5.32 Å². The molecule has 0 bridgehead atoms. The lowest BCUT2D eigenvalue weighted by molar-refractivity contribution is -0.139. The van der Waals surface area contributed by atoms with Crippen LogP contribution in [-0.2, 0) is 22.4 Å². The van der Waals surface area contributed by atoms with Crippen LogP contribution in [0.3, 0.4) is 0 Å². The minimum absolute atomic E-state index is 0.0213. The molecule has 7 heteroatoms. The molecule has 140 valence electrons. The maximum absolute atomic E-state index is 12.9. The molecule has 0 aliphatic heterocycles. The summed E-state index contributed by atoms with van der Waals surface area (Å²) in [4.78, 5) is 27.9. The van der Waals surface area contributed by atoms with Gasteiger partial charge in [0.2, 0.25) is 5.91 Å². The van der Waals surface area contributed by atoms with Gasteiger partial charge < -0.3 is 10.4 Å². The highest BCUT2D eigenvalue weighted by atomic mass is 32.1. The van der Waals surface area contributed by atoms with Gasteiger partial charge in [-0.1, -0.05) is 26.0 Å². The lowest BCUT2D eigenvalue weighted by Crippen LogP contribution is -2.51. The highest BCUT2D eigenvalue weighted by Crippen LogP contribution is 2.21. The molecular weight excluding hydrogens is 355 g/mol. The molecular formula is C19H23FN2O3S. The van der Waals surface area contributed by atoms with Crippen molar-refractivity contribution in [1.29, 1.82) is 0 Å². The third-order valence-electron chi connectivity index (χ3n) is 4.43. The Morgan fingerprint density at radius 3 is 2.54 bits per heavy atom. The van der Waals surface area contributed by atoms with E-state index in [1.54, 1.807) is 19.1 Å². The quantitative estimate of drug-likeness (QED) is 0.738. The summed E-state index contributed by atoms with van der Waals surface area (Å²) in [5, 5.41) is 14.6. The van der Waals surface area contributed by atoms with E-state index in [0.717, 1.165) is 10.6 Å². The monoisotopic (exact) mass is 378 g/mol. The van der Waals surface area contributed by atoms with E-state index in [4.69, 9.17) is 5.11 Å². The number of nitrogens with one attached hydrogen (secondary N) is 1. The number of benzene rings is 1. The van der Waals surface area contributed by atoms with E-state index in [1.165, 1.54) is 23.5 Å². The lowest BCUT2D eigenvalue weighted by atomic mass is 9.85. The normalized spacial score (nSPS) is 13.4. The Morgan fingerprint density at radius 1 is 1.31 bits per heavy atom. The molecule has 1 atom stereocenters. The maximum atomic E-state index is 12.9. The van der Waals surface area contributed by atoms with E-state index < -0.39 is 11.5 Å². The summed E-state index contributed by atoms with van der Waals surface area (Å²) < 4.78 is 12.9. The second-order valence-electron chi connectivity index (χ2n) is 6.90. The number of nitrogens with zero attached hydrogens (tertiary/aromatic N) is 1. The molecule has 0 aliphatic carbocycles. The molecule has 0 radical (unpaired) electrons.